The second-order valence-electron chi connectivity index (χ2n) is 9.23. The Bertz CT molecular complexity index is 1220. The van der Waals surface area contributed by atoms with Crippen LogP contribution in [0.25, 0.3) is 0 Å². The molecule has 11 nitrogen and oxygen atoms in total. The second-order valence-corrected chi connectivity index (χ2v) is 11.2. The predicted molar refractivity (Wildman–Crippen MR) is 119 cm³/mol. The number of hydrogen-bond acceptors (Lipinski definition) is 9. The Kier molecular flexibility index (Phi) is 6.69. The van der Waals surface area contributed by atoms with Crippen molar-refractivity contribution in [3.05, 3.63) is 24.2 Å². The van der Waals surface area contributed by atoms with E-state index in [4.69, 9.17) is 4.74 Å². The van der Waals surface area contributed by atoms with Crippen molar-refractivity contribution in [3.8, 4) is 11.9 Å². The fraction of sp³-hybridized carbons (Fsp3) is 0.619. The number of aromatic nitrogens is 4. The molecular formula is C21H27F2N7O4S. The summed E-state index contributed by atoms with van der Waals surface area (Å²) < 4.78 is 61.6. The summed E-state index contributed by atoms with van der Waals surface area (Å²) in [5, 5.41) is 26.9. The SMILES string of the molecule is Cn1cc(S(=O)(=O)N2CCC(Nc3ncc(C#N)c(O[C@@H]4CCC(F)(F)C[C@]4(C)O)n3)CC2)cn1. The number of hydrogen-bond donors (Lipinski definition) is 2. The Morgan fingerprint density at radius 2 is 2.00 bits per heavy atom. The van der Waals surface area contributed by atoms with Crippen molar-refractivity contribution in [3.63, 3.8) is 0 Å². The number of halogens is 2. The van der Waals surface area contributed by atoms with E-state index in [0.717, 1.165) is 0 Å². The van der Waals surface area contributed by atoms with Gasteiger partial charge in [-0.3, -0.25) is 4.68 Å². The van der Waals surface area contributed by atoms with Gasteiger partial charge >= 0.3 is 0 Å². The minimum absolute atomic E-state index is 0.0149. The van der Waals surface area contributed by atoms with Crippen LogP contribution in [0.4, 0.5) is 14.7 Å². The van der Waals surface area contributed by atoms with Crippen molar-refractivity contribution in [2.45, 2.75) is 67.6 Å². The van der Waals surface area contributed by atoms with E-state index in [1.165, 1.54) is 34.5 Å². The van der Waals surface area contributed by atoms with Crippen molar-refractivity contribution >= 4 is 16.0 Å². The highest BCUT2D eigenvalue weighted by molar-refractivity contribution is 7.89. The molecule has 4 rings (SSSR count). The van der Waals surface area contributed by atoms with Gasteiger partial charge in [0.25, 0.3) is 5.92 Å². The molecule has 14 heteroatoms. The number of aryl methyl sites for hydroxylation is 1. The molecular weight excluding hydrogens is 484 g/mol. The fourth-order valence-corrected chi connectivity index (χ4v) is 5.86. The Balaban J connectivity index is 1.41. The quantitative estimate of drug-likeness (QED) is 0.591. The average Bonchev–Trinajstić information content (AvgIpc) is 3.23. The molecule has 1 saturated carbocycles. The Morgan fingerprint density at radius 3 is 2.60 bits per heavy atom. The van der Waals surface area contributed by atoms with Gasteiger partial charge in [0.15, 0.2) is 0 Å². The highest BCUT2D eigenvalue weighted by Crippen LogP contribution is 2.41. The molecule has 0 unspecified atom stereocenters. The van der Waals surface area contributed by atoms with Crippen LogP contribution in [-0.4, -0.2) is 74.3 Å². The van der Waals surface area contributed by atoms with Crippen LogP contribution < -0.4 is 10.1 Å². The van der Waals surface area contributed by atoms with Gasteiger partial charge in [0, 0.05) is 45.2 Å². The number of rotatable bonds is 6. The number of nitriles is 1. The number of alkyl halides is 2. The van der Waals surface area contributed by atoms with E-state index in [-0.39, 0.29) is 47.8 Å². The third kappa shape index (κ3) is 5.52. The van der Waals surface area contributed by atoms with Crippen LogP contribution in [0.3, 0.4) is 0 Å². The molecule has 0 bridgehead atoms. The second kappa shape index (κ2) is 9.29. The first-order valence-electron chi connectivity index (χ1n) is 11.2. The number of ether oxygens (including phenoxy) is 1. The number of nitrogens with zero attached hydrogens (tertiary/aromatic N) is 6. The van der Waals surface area contributed by atoms with Gasteiger partial charge in [0.2, 0.25) is 21.9 Å². The molecule has 0 amide bonds. The summed E-state index contributed by atoms with van der Waals surface area (Å²) in [6, 6.07) is 1.78. The standard InChI is InChI=1S/C21H27F2N7O4S/c1-20(31)13-21(22,23)6-3-17(20)34-18-14(9-24)10-25-19(28-18)27-15-4-7-30(8-5-15)35(32,33)16-11-26-29(2)12-16/h10-12,15,17,31H,3-8,13H2,1-2H3,(H,25,27,28)/t17-,20+/m1/s1. The monoisotopic (exact) mass is 511 g/mol. The highest BCUT2D eigenvalue weighted by atomic mass is 32.2. The van der Waals surface area contributed by atoms with E-state index in [1.807, 2.05) is 6.07 Å². The minimum Gasteiger partial charge on any atom is -0.470 e. The molecule has 1 aliphatic carbocycles. The Labute approximate surface area is 201 Å². The van der Waals surface area contributed by atoms with Crippen LogP contribution in [-0.2, 0) is 17.1 Å². The van der Waals surface area contributed by atoms with Crippen LogP contribution >= 0.6 is 0 Å². The van der Waals surface area contributed by atoms with Crippen molar-refractivity contribution in [1.82, 2.24) is 24.1 Å². The lowest BCUT2D eigenvalue weighted by Crippen LogP contribution is -2.51. The van der Waals surface area contributed by atoms with E-state index in [9.17, 15) is 27.6 Å². The zero-order chi connectivity index (χ0) is 25.4. The number of nitrogens with one attached hydrogen (secondary N) is 1. The molecule has 35 heavy (non-hydrogen) atoms. The van der Waals surface area contributed by atoms with Gasteiger partial charge in [-0.1, -0.05) is 0 Å². The van der Waals surface area contributed by atoms with Gasteiger partial charge in [0.1, 0.15) is 28.2 Å². The molecule has 1 saturated heterocycles. The predicted octanol–water partition coefficient (Wildman–Crippen LogP) is 1.66. The maximum Gasteiger partial charge on any atom is 0.251 e. The van der Waals surface area contributed by atoms with E-state index in [0.29, 0.717) is 12.8 Å². The molecule has 2 N–H and O–H groups in total. The van der Waals surface area contributed by atoms with Crippen molar-refractivity contribution in [1.29, 1.82) is 5.26 Å². The summed E-state index contributed by atoms with van der Waals surface area (Å²) in [4.78, 5) is 8.51. The van der Waals surface area contributed by atoms with Crippen LogP contribution in [0, 0.1) is 11.3 Å². The van der Waals surface area contributed by atoms with Gasteiger partial charge in [-0.15, -0.1) is 0 Å². The lowest BCUT2D eigenvalue weighted by Gasteiger charge is -2.40. The number of aliphatic hydroxyl groups is 1. The first-order chi connectivity index (χ1) is 16.4. The van der Waals surface area contributed by atoms with Crippen LogP contribution in [0.1, 0.15) is 44.6 Å². The first kappa shape index (κ1) is 25.2. The molecule has 1 aliphatic heterocycles. The summed E-state index contributed by atoms with van der Waals surface area (Å²) in [5.41, 5.74) is -1.78. The molecule has 3 heterocycles. The maximum atomic E-state index is 13.7. The molecule has 2 aliphatic rings. The van der Waals surface area contributed by atoms with E-state index >= 15 is 0 Å². The molecule has 0 radical (unpaired) electrons. The Hall–Kier alpha value is -2.89. The van der Waals surface area contributed by atoms with Crippen molar-refractivity contribution in [2.24, 2.45) is 7.05 Å². The first-order valence-corrected chi connectivity index (χ1v) is 12.6. The summed E-state index contributed by atoms with van der Waals surface area (Å²) in [6.07, 6.45) is 2.78. The zero-order valence-electron chi connectivity index (χ0n) is 19.4. The summed E-state index contributed by atoms with van der Waals surface area (Å²) in [6.45, 7) is 1.85. The third-order valence-corrected chi connectivity index (χ3v) is 8.17. The van der Waals surface area contributed by atoms with Crippen LogP contribution in [0.2, 0.25) is 0 Å². The van der Waals surface area contributed by atoms with Crippen LogP contribution in [0.15, 0.2) is 23.5 Å². The fourth-order valence-electron chi connectivity index (χ4n) is 4.41. The molecule has 2 aromatic heterocycles. The highest BCUT2D eigenvalue weighted by Gasteiger charge is 2.49. The minimum atomic E-state index is -3.63. The van der Waals surface area contributed by atoms with Crippen molar-refractivity contribution < 1.29 is 27.0 Å². The normalized spacial score (nSPS) is 25.7. The lowest BCUT2D eigenvalue weighted by atomic mass is 9.81. The van der Waals surface area contributed by atoms with Gasteiger partial charge in [-0.05, 0) is 26.2 Å². The van der Waals surface area contributed by atoms with E-state index in [1.54, 1.807) is 7.05 Å². The summed E-state index contributed by atoms with van der Waals surface area (Å²) in [7, 11) is -1.98. The van der Waals surface area contributed by atoms with Gasteiger partial charge < -0.3 is 15.2 Å². The summed E-state index contributed by atoms with van der Waals surface area (Å²) in [5.74, 6) is -2.93. The van der Waals surface area contributed by atoms with Crippen LogP contribution in [0.5, 0.6) is 5.88 Å². The smallest absolute Gasteiger partial charge is 0.251 e. The third-order valence-electron chi connectivity index (χ3n) is 6.32. The maximum absolute atomic E-state index is 13.7. The largest absolute Gasteiger partial charge is 0.470 e. The average molecular weight is 512 g/mol. The van der Waals surface area contributed by atoms with E-state index in [2.05, 4.69) is 20.4 Å². The molecule has 2 aromatic rings. The molecule has 0 aromatic carbocycles. The Morgan fingerprint density at radius 1 is 1.29 bits per heavy atom. The van der Waals surface area contributed by atoms with E-state index < -0.39 is 40.5 Å². The number of piperidine rings is 1. The number of sulfonamides is 1. The van der Waals surface area contributed by atoms with Crippen molar-refractivity contribution in [2.75, 3.05) is 18.4 Å². The van der Waals surface area contributed by atoms with Gasteiger partial charge in [0.05, 0.1) is 12.4 Å². The molecule has 0 spiro atoms. The molecule has 2 atom stereocenters. The number of anilines is 1. The van der Waals surface area contributed by atoms with Gasteiger partial charge in [-0.25, -0.2) is 22.2 Å². The lowest BCUT2D eigenvalue weighted by molar-refractivity contribution is -0.162. The zero-order valence-corrected chi connectivity index (χ0v) is 20.2. The summed E-state index contributed by atoms with van der Waals surface area (Å²) >= 11 is 0. The van der Waals surface area contributed by atoms with Gasteiger partial charge in [-0.2, -0.15) is 19.6 Å². The topological polar surface area (TPSA) is 146 Å². The molecule has 2 fully saturated rings. The molecule has 190 valence electrons.